The van der Waals surface area contributed by atoms with Crippen molar-refractivity contribution in [3.8, 4) is 23.0 Å². The van der Waals surface area contributed by atoms with E-state index in [2.05, 4.69) is 10.0 Å². The maximum atomic E-state index is 12.8. The molecule has 0 heterocycles. The smallest absolute Gasteiger partial charge is 0.261 e. The second-order valence-corrected chi connectivity index (χ2v) is 9.94. The molecule has 9 nitrogen and oxygen atoms in total. The number of amides is 1. The molecule has 11 heteroatoms. The second kappa shape index (κ2) is 12.6. The fourth-order valence-corrected chi connectivity index (χ4v) is 4.78. The normalized spacial score (nSPS) is 11.8. The Morgan fingerprint density at radius 1 is 0.919 bits per heavy atom. The molecule has 0 aliphatic heterocycles. The van der Waals surface area contributed by atoms with Gasteiger partial charge < -0.3 is 24.3 Å². The van der Waals surface area contributed by atoms with Crippen LogP contribution in [0.1, 0.15) is 25.5 Å². The van der Waals surface area contributed by atoms with Crippen LogP contribution in [0, 0.1) is 0 Å². The quantitative estimate of drug-likeness (QED) is 0.334. The molecule has 0 aromatic heterocycles. The third-order valence-electron chi connectivity index (χ3n) is 5.28. The number of nitrogens with one attached hydrogen (secondary N) is 2. The largest absolute Gasteiger partial charge is 0.494 e. The molecule has 0 aliphatic carbocycles. The number of rotatable bonds is 12. The minimum Gasteiger partial charge on any atom is -0.494 e. The van der Waals surface area contributed by atoms with Gasteiger partial charge in [0, 0.05) is 5.69 Å². The van der Waals surface area contributed by atoms with Crippen LogP contribution in [0.3, 0.4) is 0 Å². The third-order valence-corrected chi connectivity index (χ3v) is 6.95. The van der Waals surface area contributed by atoms with Crippen molar-refractivity contribution in [2.75, 3.05) is 32.2 Å². The summed E-state index contributed by atoms with van der Waals surface area (Å²) in [5.41, 5.74) is 1.19. The lowest BCUT2D eigenvalue weighted by atomic mass is 10.1. The Hall–Kier alpha value is -3.63. The molecule has 1 amide bonds. The van der Waals surface area contributed by atoms with E-state index in [1.165, 1.54) is 25.3 Å². The van der Waals surface area contributed by atoms with E-state index in [1.54, 1.807) is 43.5 Å². The molecule has 0 bridgehead atoms. The summed E-state index contributed by atoms with van der Waals surface area (Å²) in [6.45, 7) is 3.88. The Morgan fingerprint density at radius 3 is 2.22 bits per heavy atom. The van der Waals surface area contributed by atoms with Gasteiger partial charge in [-0.25, -0.2) is 8.42 Å². The first-order chi connectivity index (χ1) is 17.7. The van der Waals surface area contributed by atoms with Gasteiger partial charge in [0.2, 0.25) is 0 Å². The maximum absolute atomic E-state index is 12.8. The van der Waals surface area contributed by atoms with Gasteiger partial charge in [-0.3, -0.25) is 9.52 Å². The number of halogens is 1. The van der Waals surface area contributed by atoms with Crippen molar-refractivity contribution in [3.05, 3.63) is 71.2 Å². The molecule has 0 saturated carbocycles. The predicted molar refractivity (Wildman–Crippen MR) is 141 cm³/mol. The maximum Gasteiger partial charge on any atom is 0.261 e. The molecule has 1 atom stereocenters. The first kappa shape index (κ1) is 27.9. The Labute approximate surface area is 221 Å². The first-order valence-electron chi connectivity index (χ1n) is 11.4. The number of carbonyl (C=O) groups is 1. The van der Waals surface area contributed by atoms with Crippen molar-refractivity contribution in [2.24, 2.45) is 0 Å². The summed E-state index contributed by atoms with van der Waals surface area (Å²) >= 11 is 6.25. The predicted octanol–water partition coefficient (Wildman–Crippen LogP) is 4.81. The Morgan fingerprint density at radius 2 is 1.59 bits per heavy atom. The summed E-state index contributed by atoms with van der Waals surface area (Å²) < 4.78 is 49.4. The number of ether oxygens (including phenoxy) is 4. The van der Waals surface area contributed by atoms with E-state index in [4.69, 9.17) is 30.5 Å². The number of sulfonamides is 1. The van der Waals surface area contributed by atoms with Crippen molar-refractivity contribution in [1.29, 1.82) is 0 Å². The van der Waals surface area contributed by atoms with Crippen LogP contribution < -0.4 is 29.0 Å². The van der Waals surface area contributed by atoms with E-state index in [0.717, 1.165) is 5.56 Å². The number of carbonyl (C=O) groups excluding carboxylic acids is 1. The van der Waals surface area contributed by atoms with Crippen molar-refractivity contribution >= 4 is 33.2 Å². The topological polar surface area (TPSA) is 112 Å². The molecule has 0 unspecified atom stereocenters. The average molecular weight is 549 g/mol. The highest BCUT2D eigenvalue weighted by molar-refractivity contribution is 7.92. The minimum absolute atomic E-state index is 0.0507. The molecule has 0 saturated heterocycles. The lowest BCUT2D eigenvalue weighted by Gasteiger charge is -2.17. The number of hydrogen-bond acceptors (Lipinski definition) is 7. The van der Waals surface area contributed by atoms with Crippen LogP contribution in [0.2, 0.25) is 5.02 Å². The van der Waals surface area contributed by atoms with Gasteiger partial charge in [0.25, 0.3) is 15.9 Å². The summed E-state index contributed by atoms with van der Waals surface area (Å²) in [6.07, 6.45) is 0. The molecule has 0 radical (unpaired) electrons. The van der Waals surface area contributed by atoms with Gasteiger partial charge in [-0.2, -0.15) is 0 Å². The highest BCUT2D eigenvalue weighted by Crippen LogP contribution is 2.31. The number of hydrogen-bond donors (Lipinski definition) is 2. The molecule has 0 fully saturated rings. The van der Waals surface area contributed by atoms with E-state index in [-0.39, 0.29) is 34.2 Å². The number of benzene rings is 3. The SMILES string of the molecule is CCOc1ccc(NS(=O)(=O)c2ccc(OCC(=O)N[C@H](C)c3ccc(OC)c(OC)c3)c(Cl)c2)cc1. The molecule has 3 aromatic carbocycles. The highest BCUT2D eigenvalue weighted by atomic mass is 35.5. The minimum atomic E-state index is -3.90. The van der Waals surface area contributed by atoms with Crippen molar-refractivity contribution in [2.45, 2.75) is 24.8 Å². The molecule has 2 N–H and O–H groups in total. The Bertz CT molecular complexity index is 1330. The van der Waals surface area contributed by atoms with Gasteiger partial charge in [-0.05, 0) is 74.0 Å². The third kappa shape index (κ3) is 7.43. The standard InChI is InChI=1S/C26H29ClN2O7S/c1-5-35-20-9-7-19(8-10-20)29-37(31,32)21-11-13-23(22(27)15-21)36-16-26(30)28-17(2)18-6-12-24(33-3)25(14-18)34-4/h6-15,17,29H,5,16H2,1-4H3,(H,28,30)/t17-/m1/s1. The lowest BCUT2D eigenvalue weighted by Crippen LogP contribution is -2.31. The van der Waals surface area contributed by atoms with Crippen molar-refractivity contribution in [1.82, 2.24) is 5.32 Å². The molecule has 3 aromatic rings. The molecular weight excluding hydrogens is 520 g/mol. The van der Waals surface area contributed by atoms with Crippen LogP contribution in [-0.2, 0) is 14.8 Å². The number of anilines is 1. The van der Waals surface area contributed by atoms with Gasteiger partial charge in [0.05, 0.1) is 36.8 Å². The summed E-state index contributed by atoms with van der Waals surface area (Å²) in [4.78, 5) is 12.4. The molecule has 0 spiro atoms. The van der Waals surface area contributed by atoms with Crippen LogP contribution >= 0.6 is 11.6 Å². The molecule has 0 aliphatic rings. The van der Waals surface area contributed by atoms with Gasteiger partial charge in [-0.1, -0.05) is 17.7 Å². The molecule has 198 valence electrons. The van der Waals surface area contributed by atoms with Gasteiger partial charge in [-0.15, -0.1) is 0 Å². The molecular formula is C26H29ClN2O7S. The van der Waals surface area contributed by atoms with Gasteiger partial charge in [0.15, 0.2) is 18.1 Å². The van der Waals surface area contributed by atoms with Crippen LogP contribution in [0.5, 0.6) is 23.0 Å². The number of methoxy groups -OCH3 is 2. The zero-order valence-corrected chi connectivity index (χ0v) is 22.5. The van der Waals surface area contributed by atoms with E-state index in [1.807, 2.05) is 19.9 Å². The van der Waals surface area contributed by atoms with Gasteiger partial charge >= 0.3 is 0 Å². The summed E-state index contributed by atoms with van der Waals surface area (Å²) in [5, 5.41) is 2.88. The van der Waals surface area contributed by atoms with E-state index in [0.29, 0.717) is 29.5 Å². The summed E-state index contributed by atoms with van der Waals surface area (Å²) in [7, 11) is -0.812. The van der Waals surface area contributed by atoms with E-state index >= 15 is 0 Å². The monoisotopic (exact) mass is 548 g/mol. The van der Waals surface area contributed by atoms with E-state index < -0.39 is 10.0 Å². The molecule has 3 rings (SSSR count). The van der Waals surface area contributed by atoms with Crippen LogP contribution in [0.15, 0.2) is 65.6 Å². The highest BCUT2D eigenvalue weighted by Gasteiger charge is 2.18. The summed E-state index contributed by atoms with van der Waals surface area (Å²) in [5.74, 6) is 1.57. The van der Waals surface area contributed by atoms with E-state index in [9.17, 15) is 13.2 Å². The zero-order chi connectivity index (χ0) is 27.0. The van der Waals surface area contributed by atoms with Crippen LogP contribution in [0.4, 0.5) is 5.69 Å². The Kier molecular flexibility index (Phi) is 9.48. The first-order valence-corrected chi connectivity index (χ1v) is 13.2. The second-order valence-electron chi connectivity index (χ2n) is 7.85. The lowest BCUT2D eigenvalue weighted by molar-refractivity contribution is -0.123. The average Bonchev–Trinajstić information content (AvgIpc) is 2.88. The summed E-state index contributed by atoms with van der Waals surface area (Å²) in [6, 6.07) is 15.6. The van der Waals surface area contributed by atoms with Crippen LogP contribution in [-0.4, -0.2) is 41.8 Å². The van der Waals surface area contributed by atoms with Crippen molar-refractivity contribution < 1.29 is 32.2 Å². The fourth-order valence-electron chi connectivity index (χ4n) is 3.40. The fraction of sp³-hybridized carbons (Fsp3) is 0.269. The zero-order valence-electron chi connectivity index (χ0n) is 20.9. The van der Waals surface area contributed by atoms with Crippen molar-refractivity contribution in [3.63, 3.8) is 0 Å². The van der Waals surface area contributed by atoms with Crippen LogP contribution in [0.25, 0.3) is 0 Å². The molecule has 37 heavy (non-hydrogen) atoms. The Balaban J connectivity index is 1.59. The van der Waals surface area contributed by atoms with Gasteiger partial charge in [0.1, 0.15) is 11.5 Å².